The van der Waals surface area contributed by atoms with Crippen molar-refractivity contribution in [2.75, 3.05) is 12.8 Å². The van der Waals surface area contributed by atoms with Crippen LogP contribution in [0.2, 0.25) is 0 Å². The second-order valence-corrected chi connectivity index (χ2v) is 7.34. The standard InChI is InChI=1S/C13H19N3OS2/c1-10(19(3)17)9-15-12(11-5-4-8-18-11)13-14-6-7-16(13)2/h4-8,10,12,15H,9H2,1-3H3. The van der Waals surface area contributed by atoms with Crippen molar-refractivity contribution in [3.8, 4) is 0 Å². The zero-order valence-electron chi connectivity index (χ0n) is 11.4. The average Bonchev–Trinajstić information content (AvgIpc) is 3.02. The number of rotatable bonds is 6. The molecule has 0 aromatic carbocycles. The Morgan fingerprint density at radius 3 is 2.89 bits per heavy atom. The van der Waals surface area contributed by atoms with Gasteiger partial charge in [-0.2, -0.15) is 0 Å². The van der Waals surface area contributed by atoms with Gasteiger partial charge in [-0.15, -0.1) is 11.3 Å². The molecule has 0 fully saturated rings. The lowest BCUT2D eigenvalue weighted by Crippen LogP contribution is -2.32. The quantitative estimate of drug-likeness (QED) is 0.886. The Kier molecular flexibility index (Phi) is 4.90. The Morgan fingerprint density at radius 2 is 2.37 bits per heavy atom. The Labute approximate surface area is 120 Å². The summed E-state index contributed by atoms with van der Waals surface area (Å²) in [5.74, 6) is 0.983. The van der Waals surface area contributed by atoms with Gasteiger partial charge in [-0.05, 0) is 18.4 Å². The van der Waals surface area contributed by atoms with E-state index in [9.17, 15) is 4.21 Å². The van der Waals surface area contributed by atoms with Gasteiger partial charge in [-0.25, -0.2) is 4.98 Å². The van der Waals surface area contributed by atoms with Crippen molar-refractivity contribution in [1.29, 1.82) is 0 Å². The third kappa shape index (κ3) is 3.52. The van der Waals surface area contributed by atoms with Crippen LogP contribution in [0.5, 0.6) is 0 Å². The van der Waals surface area contributed by atoms with E-state index in [1.807, 2.05) is 30.8 Å². The molecule has 0 aliphatic rings. The number of nitrogens with zero attached hydrogens (tertiary/aromatic N) is 2. The number of hydrogen-bond donors (Lipinski definition) is 1. The molecule has 3 unspecified atom stereocenters. The first-order valence-corrected chi connectivity index (χ1v) is 8.66. The molecule has 2 aromatic heterocycles. The summed E-state index contributed by atoms with van der Waals surface area (Å²) in [7, 11) is 1.18. The second kappa shape index (κ2) is 6.45. The molecule has 6 heteroatoms. The van der Waals surface area contributed by atoms with E-state index in [1.165, 1.54) is 4.88 Å². The van der Waals surface area contributed by atoms with Crippen molar-refractivity contribution in [3.05, 3.63) is 40.6 Å². The highest BCUT2D eigenvalue weighted by Crippen LogP contribution is 2.24. The summed E-state index contributed by atoms with van der Waals surface area (Å²) >= 11 is 1.71. The number of aromatic nitrogens is 2. The molecule has 0 aliphatic heterocycles. The first-order chi connectivity index (χ1) is 9.09. The number of aryl methyl sites for hydroxylation is 1. The lowest BCUT2D eigenvalue weighted by Gasteiger charge is -2.19. The van der Waals surface area contributed by atoms with Gasteiger partial charge in [-0.3, -0.25) is 4.21 Å². The number of nitrogens with one attached hydrogen (secondary N) is 1. The predicted octanol–water partition coefficient (Wildman–Crippen LogP) is 1.93. The molecule has 0 amide bonds. The van der Waals surface area contributed by atoms with Gasteiger partial charge in [0.05, 0.1) is 0 Å². The second-order valence-electron chi connectivity index (χ2n) is 4.56. The van der Waals surface area contributed by atoms with Crippen LogP contribution in [-0.4, -0.2) is 31.8 Å². The van der Waals surface area contributed by atoms with Crippen molar-refractivity contribution in [3.63, 3.8) is 0 Å². The van der Waals surface area contributed by atoms with Crippen LogP contribution in [0, 0.1) is 0 Å². The molecule has 1 N–H and O–H groups in total. The third-order valence-corrected chi connectivity index (χ3v) is 5.36. The third-order valence-electron chi connectivity index (χ3n) is 3.12. The van der Waals surface area contributed by atoms with Crippen molar-refractivity contribution in [2.45, 2.75) is 18.2 Å². The van der Waals surface area contributed by atoms with Crippen LogP contribution in [0.3, 0.4) is 0 Å². The summed E-state index contributed by atoms with van der Waals surface area (Å²) in [6, 6.07) is 4.20. The van der Waals surface area contributed by atoms with Gasteiger partial charge in [0.25, 0.3) is 0 Å². The van der Waals surface area contributed by atoms with Crippen LogP contribution in [0.1, 0.15) is 23.7 Å². The maximum Gasteiger partial charge on any atom is 0.131 e. The Balaban J connectivity index is 2.17. The molecule has 2 aromatic rings. The fourth-order valence-electron chi connectivity index (χ4n) is 1.83. The molecule has 0 saturated heterocycles. The minimum atomic E-state index is -0.812. The highest BCUT2D eigenvalue weighted by Gasteiger charge is 2.20. The van der Waals surface area contributed by atoms with E-state index < -0.39 is 10.8 Å². The zero-order valence-corrected chi connectivity index (χ0v) is 13.0. The van der Waals surface area contributed by atoms with Crippen molar-refractivity contribution in [1.82, 2.24) is 14.9 Å². The molecule has 0 saturated carbocycles. The molecule has 19 heavy (non-hydrogen) atoms. The van der Waals surface area contributed by atoms with E-state index in [1.54, 1.807) is 23.8 Å². The largest absolute Gasteiger partial charge is 0.336 e. The topological polar surface area (TPSA) is 46.9 Å². The lowest BCUT2D eigenvalue weighted by atomic mass is 10.2. The van der Waals surface area contributed by atoms with Gasteiger partial charge in [0, 0.05) is 53.2 Å². The molecule has 2 rings (SSSR count). The van der Waals surface area contributed by atoms with E-state index in [4.69, 9.17) is 0 Å². The molecule has 4 nitrogen and oxygen atoms in total. The van der Waals surface area contributed by atoms with E-state index in [0.717, 1.165) is 5.82 Å². The number of thiophene rings is 1. The first-order valence-electron chi connectivity index (χ1n) is 6.16. The summed E-state index contributed by atoms with van der Waals surface area (Å²) in [5.41, 5.74) is 0. The molecule has 2 heterocycles. The zero-order chi connectivity index (χ0) is 13.8. The van der Waals surface area contributed by atoms with Crippen molar-refractivity contribution >= 4 is 22.1 Å². The monoisotopic (exact) mass is 297 g/mol. The van der Waals surface area contributed by atoms with E-state index in [2.05, 4.69) is 21.7 Å². The van der Waals surface area contributed by atoms with Crippen LogP contribution >= 0.6 is 11.3 Å². The van der Waals surface area contributed by atoms with E-state index >= 15 is 0 Å². The number of imidazole rings is 1. The summed E-state index contributed by atoms with van der Waals surface area (Å²) < 4.78 is 13.5. The molecule has 0 aliphatic carbocycles. The predicted molar refractivity (Wildman–Crippen MR) is 80.9 cm³/mol. The SMILES string of the molecule is CC(CNC(c1cccs1)c1nccn1C)S(C)=O. The maximum absolute atomic E-state index is 11.4. The molecule has 3 atom stereocenters. The van der Waals surface area contributed by atoms with Crippen molar-refractivity contribution < 1.29 is 4.21 Å². The fourth-order valence-corrected chi connectivity index (χ4v) is 2.96. The molecular weight excluding hydrogens is 278 g/mol. The molecular formula is C13H19N3OS2. The van der Waals surface area contributed by atoms with E-state index in [-0.39, 0.29) is 11.3 Å². The van der Waals surface area contributed by atoms with Gasteiger partial charge >= 0.3 is 0 Å². The highest BCUT2D eigenvalue weighted by molar-refractivity contribution is 7.84. The van der Waals surface area contributed by atoms with Gasteiger partial charge < -0.3 is 9.88 Å². The molecule has 0 radical (unpaired) electrons. The van der Waals surface area contributed by atoms with Crippen LogP contribution in [0.15, 0.2) is 29.9 Å². The first kappa shape index (κ1) is 14.4. The van der Waals surface area contributed by atoms with Gasteiger partial charge in [0.15, 0.2) is 0 Å². The van der Waals surface area contributed by atoms with Crippen LogP contribution < -0.4 is 5.32 Å². The minimum absolute atomic E-state index is 0.0611. The summed E-state index contributed by atoms with van der Waals surface area (Å²) in [5, 5.41) is 5.67. The van der Waals surface area contributed by atoms with Gasteiger partial charge in [0.2, 0.25) is 0 Å². The van der Waals surface area contributed by atoms with Crippen LogP contribution in [0.25, 0.3) is 0 Å². The Morgan fingerprint density at radius 1 is 1.58 bits per heavy atom. The molecule has 0 spiro atoms. The molecule has 0 bridgehead atoms. The van der Waals surface area contributed by atoms with Gasteiger partial charge in [-0.1, -0.05) is 6.07 Å². The summed E-state index contributed by atoms with van der Waals surface area (Å²) in [6.45, 7) is 2.70. The Bertz CT molecular complexity index is 536. The van der Waals surface area contributed by atoms with Crippen molar-refractivity contribution in [2.24, 2.45) is 7.05 Å². The van der Waals surface area contributed by atoms with Crippen LogP contribution in [0.4, 0.5) is 0 Å². The minimum Gasteiger partial charge on any atom is -0.336 e. The van der Waals surface area contributed by atoms with Crippen LogP contribution in [-0.2, 0) is 17.8 Å². The van der Waals surface area contributed by atoms with Gasteiger partial charge in [0.1, 0.15) is 11.9 Å². The fraction of sp³-hybridized carbons (Fsp3) is 0.462. The summed E-state index contributed by atoms with van der Waals surface area (Å²) in [6.07, 6.45) is 5.49. The van der Waals surface area contributed by atoms with E-state index in [0.29, 0.717) is 6.54 Å². The Hall–Kier alpha value is -0.980. The smallest absolute Gasteiger partial charge is 0.131 e. The highest BCUT2D eigenvalue weighted by atomic mass is 32.2. The normalized spacial score (nSPS) is 16.2. The molecule has 104 valence electrons. The summed E-state index contributed by atoms with van der Waals surface area (Å²) in [4.78, 5) is 5.65. The number of hydrogen-bond acceptors (Lipinski definition) is 4. The lowest BCUT2D eigenvalue weighted by molar-refractivity contribution is 0.561. The average molecular weight is 297 g/mol. The maximum atomic E-state index is 11.4.